The fourth-order valence-corrected chi connectivity index (χ4v) is 6.45. The first-order valence-electron chi connectivity index (χ1n) is 17.0. The van der Waals surface area contributed by atoms with Gasteiger partial charge >= 0.3 is 0 Å². The number of nitriles is 4. The molecule has 8 rings (SSSR count). The van der Waals surface area contributed by atoms with Gasteiger partial charge in [0, 0.05) is 35.6 Å². The number of nitrogens with zero attached hydrogens (tertiary/aromatic N) is 6. The summed E-state index contributed by atoms with van der Waals surface area (Å²) in [5.74, 6) is 3.91. The molecule has 0 spiro atoms. The minimum absolute atomic E-state index is 0.273. The number of hydrogen-bond donors (Lipinski definition) is 0. The van der Waals surface area contributed by atoms with Crippen molar-refractivity contribution in [3.05, 3.63) is 155 Å². The fourth-order valence-electron chi connectivity index (χ4n) is 6.45. The summed E-state index contributed by atoms with van der Waals surface area (Å²) < 4.78 is 24.2. The van der Waals surface area contributed by atoms with Crippen LogP contribution in [0, 0.1) is 45.3 Å². The molecular weight excluding hydrogens is 677 g/mol. The minimum atomic E-state index is 0.273. The Morgan fingerprint density at radius 2 is 0.815 bits per heavy atom. The largest absolute Gasteiger partial charge is 0.473 e. The first kappa shape index (κ1) is 33.2. The van der Waals surface area contributed by atoms with Gasteiger partial charge in [0.2, 0.25) is 0 Å². The topological polar surface area (TPSA) is 139 Å². The SMILES string of the molecule is N#Cc1ccc(Oc2ccc(N3COc4ccc(-c5ccc6c(c5)CN(c5ccc(Oc7ccc(C#N)c(C#N)c7)cc5)CO6)cc4C3)cc2)cc1C#N. The van der Waals surface area contributed by atoms with Gasteiger partial charge in [-0.15, -0.1) is 0 Å². The van der Waals surface area contributed by atoms with Gasteiger partial charge in [-0.05, 0) is 120 Å². The van der Waals surface area contributed by atoms with E-state index in [1.54, 1.807) is 36.4 Å². The molecule has 2 heterocycles. The summed E-state index contributed by atoms with van der Waals surface area (Å²) in [6.45, 7) is 2.14. The molecule has 6 aromatic rings. The summed E-state index contributed by atoms with van der Waals surface area (Å²) in [4.78, 5) is 4.29. The second kappa shape index (κ2) is 14.4. The van der Waals surface area contributed by atoms with Crippen LogP contribution < -0.4 is 28.7 Å². The third-order valence-electron chi connectivity index (χ3n) is 9.27. The highest BCUT2D eigenvalue weighted by Crippen LogP contribution is 2.37. The molecule has 0 saturated heterocycles. The van der Waals surface area contributed by atoms with Crippen LogP contribution in [0.3, 0.4) is 0 Å². The van der Waals surface area contributed by atoms with Crippen LogP contribution >= 0.6 is 0 Å². The van der Waals surface area contributed by atoms with Gasteiger partial charge in [0.25, 0.3) is 0 Å². The molecule has 10 heteroatoms. The lowest BCUT2D eigenvalue weighted by Crippen LogP contribution is -2.32. The Labute approximate surface area is 311 Å². The van der Waals surface area contributed by atoms with Gasteiger partial charge in [-0.2, -0.15) is 21.0 Å². The van der Waals surface area contributed by atoms with Gasteiger partial charge in [0.15, 0.2) is 13.5 Å². The molecule has 2 aliphatic rings. The van der Waals surface area contributed by atoms with Crippen molar-refractivity contribution in [3.63, 3.8) is 0 Å². The van der Waals surface area contributed by atoms with Gasteiger partial charge in [-0.3, -0.25) is 0 Å². The monoisotopic (exact) mass is 704 g/mol. The molecule has 0 radical (unpaired) electrons. The molecule has 6 aromatic carbocycles. The summed E-state index contributed by atoms with van der Waals surface area (Å²) in [5.41, 5.74) is 7.42. The number of benzene rings is 6. The van der Waals surface area contributed by atoms with Gasteiger partial charge in [0.05, 0.1) is 22.3 Å². The molecular formula is C44H28N6O4. The molecule has 0 aromatic heterocycles. The van der Waals surface area contributed by atoms with Gasteiger partial charge in [-0.25, -0.2) is 0 Å². The zero-order valence-electron chi connectivity index (χ0n) is 28.7. The molecule has 0 saturated carbocycles. The maximum absolute atomic E-state index is 9.33. The van der Waals surface area contributed by atoms with Crippen molar-refractivity contribution >= 4 is 11.4 Å². The normalized spacial score (nSPS) is 12.7. The van der Waals surface area contributed by atoms with Gasteiger partial charge in [-0.1, -0.05) is 12.1 Å². The fraction of sp³-hybridized carbons (Fsp3) is 0.0909. The predicted molar refractivity (Wildman–Crippen MR) is 200 cm³/mol. The first-order valence-corrected chi connectivity index (χ1v) is 17.0. The van der Waals surface area contributed by atoms with Crippen molar-refractivity contribution in [1.82, 2.24) is 0 Å². The molecule has 258 valence electrons. The molecule has 0 amide bonds. The lowest BCUT2D eigenvalue weighted by atomic mass is 9.98. The summed E-state index contributed by atoms with van der Waals surface area (Å²) >= 11 is 0. The number of fused-ring (bicyclic) bond motifs is 2. The van der Waals surface area contributed by atoms with E-state index < -0.39 is 0 Å². The smallest absolute Gasteiger partial charge is 0.161 e. The van der Waals surface area contributed by atoms with Gasteiger partial charge in [0.1, 0.15) is 58.8 Å². The van der Waals surface area contributed by atoms with Crippen molar-refractivity contribution in [1.29, 1.82) is 21.0 Å². The quantitative estimate of drug-likeness (QED) is 0.158. The number of hydrogen-bond acceptors (Lipinski definition) is 10. The highest BCUT2D eigenvalue weighted by atomic mass is 16.5. The number of ether oxygens (including phenoxy) is 4. The van der Waals surface area contributed by atoms with Crippen molar-refractivity contribution in [2.45, 2.75) is 13.1 Å². The third-order valence-corrected chi connectivity index (χ3v) is 9.27. The Morgan fingerprint density at radius 3 is 1.20 bits per heavy atom. The highest BCUT2D eigenvalue weighted by molar-refractivity contribution is 5.69. The average Bonchev–Trinajstić information content (AvgIpc) is 3.23. The predicted octanol–water partition coefficient (Wildman–Crippen LogP) is 9.14. The minimum Gasteiger partial charge on any atom is -0.473 e. The summed E-state index contributed by atoms with van der Waals surface area (Å²) in [6.07, 6.45) is 0. The Bertz CT molecular complexity index is 2400. The van der Waals surface area contributed by atoms with Crippen LogP contribution in [0.5, 0.6) is 34.5 Å². The maximum Gasteiger partial charge on any atom is 0.161 e. The Kier molecular flexibility index (Phi) is 8.84. The Morgan fingerprint density at radius 1 is 0.426 bits per heavy atom. The van der Waals surface area contributed by atoms with Crippen LogP contribution in [0.1, 0.15) is 33.4 Å². The number of rotatable bonds is 7. The molecule has 0 fully saturated rings. The lowest BCUT2D eigenvalue weighted by molar-refractivity contribution is 0.289. The van der Waals surface area contributed by atoms with Crippen molar-refractivity contribution in [3.8, 4) is 69.9 Å². The summed E-state index contributed by atoms with van der Waals surface area (Å²) in [7, 11) is 0. The van der Waals surface area contributed by atoms with E-state index in [9.17, 15) is 21.0 Å². The highest BCUT2D eigenvalue weighted by Gasteiger charge is 2.21. The summed E-state index contributed by atoms with van der Waals surface area (Å²) in [5, 5.41) is 37.0. The van der Waals surface area contributed by atoms with E-state index in [0.717, 1.165) is 45.1 Å². The molecule has 54 heavy (non-hydrogen) atoms. The van der Waals surface area contributed by atoms with E-state index >= 15 is 0 Å². The molecule has 0 atom stereocenters. The second-order valence-electron chi connectivity index (χ2n) is 12.6. The molecule has 0 unspecified atom stereocenters. The lowest BCUT2D eigenvalue weighted by Gasteiger charge is -2.32. The van der Waals surface area contributed by atoms with Crippen LogP contribution in [-0.2, 0) is 13.1 Å². The molecule has 0 N–H and O–H groups in total. The molecule has 0 aliphatic carbocycles. The Balaban J connectivity index is 0.933. The van der Waals surface area contributed by atoms with E-state index in [2.05, 4.69) is 34.1 Å². The van der Waals surface area contributed by atoms with E-state index in [-0.39, 0.29) is 11.1 Å². The maximum atomic E-state index is 9.33. The van der Waals surface area contributed by atoms with Crippen LogP contribution in [0.25, 0.3) is 11.1 Å². The summed E-state index contributed by atoms with van der Waals surface area (Å²) in [6, 6.07) is 45.7. The zero-order valence-corrected chi connectivity index (χ0v) is 28.7. The van der Waals surface area contributed by atoms with Crippen LogP contribution in [0.15, 0.2) is 121 Å². The van der Waals surface area contributed by atoms with Crippen LogP contribution in [0.2, 0.25) is 0 Å². The van der Waals surface area contributed by atoms with Crippen molar-refractivity contribution in [2.75, 3.05) is 23.3 Å². The van der Waals surface area contributed by atoms with E-state index in [0.29, 0.717) is 60.7 Å². The molecule has 10 nitrogen and oxygen atoms in total. The standard InChI is InChI=1S/C44H28N6O4/c45-21-31-1-9-41(19-33(31)23-47)53-39-11-5-37(6-12-39)49-25-35-17-29(3-15-43(35)51-27-49)30-4-16-44-36(18-30)26-50(28-52-44)38-7-13-40(14-8-38)54-42-10-2-32(22-46)34(20-42)24-48/h1-20H,25-28H2. The second-order valence-corrected chi connectivity index (χ2v) is 12.6. The number of anilines is 2. The van der Waals surface area contributed by atoms with E-state index in [4.69, 9.17) is 18.9 Å². The average molecular weight is 705 g/mol. The van der Waals surface area contributed by atoms with E-state index in [1.165, 1.54) is 0 Å². The van der Waals surface area contributed by atoms with E-state index in [1.807, 2.05) is 84.9 Å². The van der Waals surface area contributed by atoms with Gasteiger partial charge < -0.3 is 28.7 Å². The zero-order chi connectivity index (χ0) is 37.0. The molecule has 0 bridgehead atoms. The van der Waals surface area contributed by atoms with Crippen LogP contribution in [-0.4, -0.2) is 13.5 Å². The third kappa shape index (κ3) is 6.75. The Hall–Kier alpha value is -7.92. The van der Waals surface area contributed by atoms with Crippen molar-refractivity contribution in [2.24, 2.45) is 0 Å². The first-order chi connectivity index (χ1) is 26.5. The molecule has 2 aliphatic heterocycles. The van der Waals surface area contributed by atoms with Crippen LogP contribution in [0.4, 0.5) is 11.4 Å². The van der Waals surface area contributed by atoms with Crippen molar-refractivity contribution < 1.29 is 18.9 Å².